The van der Waals surface area contributed by atoms with Gasteiger partial charge in [0.1, 0.15) is 0 Å². The topological polar surface area (TPSA) is 98.3 Å². The molecule has 1 aliphatic rings. The minimum Gasteiger partial charge on any atom is -0.550 e. The highest BCUT2D eigenvalue weighted by molar-refractivity contribution is 5.96. The van der Waals surface area contributed by atoms with Crippen LogP contribution in [0.1, 0.15) is 26.7 Å². The summed E-state index contributed by atoms with van der Waals surface area (Å²) in [5, 5.41) is 16.6. The Hall–Kier alpha value is -2.63. The van der Waals surface area contributed by atoms with Gasteiger partial charge in [-0.2, -0.15) is 0 Å². The molecule has 2 amide bonds. The van der Waals surface area contributed by atoms with Crippen LogP contribution in [0.4, 0.5) is 11.4 Å². The predicted molar refractivity (Wildman–Crippen MR) is 84.4 cm³/mol. The molecule has 0 aromatic heterocycles. The SMILES string of the molecule is CC(=O)Nc1ccc(NC(=O)[C@@H]2CC(C)=CC[C@H]2C(=O)[O-])cc1. The largest absolute Gasteiger partial charge is 0.550 e. The van der Waals surface area contributed by atoms with E-state index in [0.717, 1.165) is 5.57 Å². The summed E-state index contributed by atoms with van der Waals surface area (Å²) >= 11 is 0. The molecule has 2 rings (SSSR count). The molecule has 1 aromatic carbocycles. The van der Waals surface area contributed by atoms with Crippen LogP contribution >= 0.6 is 0 Å². The first-order chi connectivity index (χ1) is 10.9. The van der Waals surface area contributed by atoms with Crippen LogP contribution in [0.2, 0.25) is 0 Å². The second kappa shape index (κ2) is 7.09. The number of nitrogens with one attached hydrogen (secondary N) is 2. The molecule has 2 atom stereocenters. The smallest absolute Gasteiger partial charge is 0.228 e. The van der Waals surface area contributed by atoms with E-state index in [2.05, 4.69) is 10.6 Å². The highest BCUT2D eigenvalue weighted by atomic mass is 16.4. The number of carbonyl (C=O) groups excluding carboxylic acids is 3. The van der Waals surface area contributed by atoms with E-state index in [0.29, 0.717) is 24.2 Å². The van der Waals surface area contributed by atoms with Crippen molar-refractivity contribution in [1.29, 1.82) is 0 Å². The second-order valence-corrected chi connectivity index (χ2v) is 5.77. The van der Waals surface area contributed by atoms with Crippen LogP contribution in [0, 0.1) is 11.8 Å². The van der Waals surface area contributed by atoms with Crippen molar-refractivity contribution in [3.63, 3.8) is 0 Å². The number of hydrogen-bond acceptors (Lipinski definition) is 4. The molecular weight excluding hydrogens is 296 g/mol. The summed E-state index contributed by atoms with van der Waals surface area (Å²) in [6.45, 7) is 3.29. The molecule has 0 unspecified atom stereocenters. The lowest BCUT2D eigenvalue weighted by molar-refractivity contribution is -0.313. The molecule has 6 nitrogen and oxygen atoms in total. The van der Waals surface area contributed by atoms with E-state index in [1.165, 1.54) is 6.92 Å². The molecule has 122 valence electrons. The van der Waals surface area contributed by atoms with Crippen LogP contribution in [0.15, 0.2) is 35.9 Å². The maximum atomic E-state index is 12.4. The molecule has 0 saturated carbocycles. The fraction of sp³-hybridized carbons (Fsp3) is 0.353. The van der Waals surface area contributed by atoms with Crippen LogP contribution < -0.4 is 15.7 Å². The zero-order chi connectivity index (χ0) is 17.0. The number of amides is 2. The van der Waals surface area contributed by atoms with Crippen LogP contribution in [0.3, 0.4) is 0 Å². The van der Waals surface area contributed by atoms with Gasteiger partial charge in [0.15, 0.2) is 0 Å². The molecule has 0 radical (unpaired) electrons. The zero-order valence-corrected chi connectivity index (χ0v) is 13.1. The van der Waals surface area contributed by atoms with Gasteiger partial charge in [0.05, 0.1) is 5.92 Å². The van der Waals surface area contributed by atoms with Crippen molar-refractivity contribution in [2.24, 2.45) is 11.8 Å². The van der Waals surface area contributed by atoms with E-state index in [9.17, 15) is 19.5 Å². The van der Waals surface area contributed by atoms with Gasteiger partial charge in [-0.15, -0.1) is 0 Å². The van der Waals surface area contributed by atoms with Gasteiger partial charge in [-0.05, 0) is 44.0 Å². The minimum atomic E-state index is -1.20. The van der Waals surface area contributed by atoms with Gasteiger partial charge in [0.25, 0.3) is 0 Å². The number of carbonyl (C=O) groups is 3. The van der Waals surface area contributed by atoms with Crippen LogP contribution in [-0.4, -0.2) is 17.8 Å². The third-order valence-electron chi connectivity index (χ3n) is 3.86. The summed E-state index contributed by atoms with van der Waals surface area (Å²) in [5.41, 5.74) is 2.18. The predicted octanol–water partition coefficient (Wildman–Crippen LogP) is 1.31. The van der Waals surface area contributed by atoms with E-state index in [1.54, 1.807) is 24.3 Å². The van der Waals surface area contributed by atoms with Crippen molar-refractivity contribution < 1.29 is 19.5 Å². The Bertz CT molecular complexity index is 649. The first-order valence-electron chi connectivity index (χ1n) is 7.42. The number of carboxylic acids is 1. The van der Waals surface area contributed by atoms with Gasteiger partial charge < -0.3 is 20.5 Å². The average molecular weight is 315 g/mol. The Labute approximate surface area is 134 Å². The van der Waals surface area contributed by atoms with E-state index in [-0.39, 0.29) is 11.8 Å². The molecule has 1 aromatic rings. The Kier molecular flexibility index (Phi) is 5.16. The zero-order valence-electron chi connectivity index (χ0n) is 13.1. The van der Waals surface area contributed by atoms with E-state index in [4.69, 9.17) is 0 Å². The Morgan fingerprint density at radius 2 is 1.61 bits per heavy atom. The standard InChI is InChI=1S/C17H20N2O4/c1-10-3-8-14(17(22)23)15(9-10)16(21)19-13-6-4-12(5-7-13)18-11(2)20/h3-7,14-15H,8-9H2,1-2H3,(H,18,20)(H,19,21)(H,22,23)/p-1/t14-,15-/m1/s1. The van der Waals surface area contributed by atoms with E-state index in [1.807, 2.05) is 13.0 Å². The van der Waals surface area contributed by atoms with Gasteiger partial charge >= 0.3 is 0 Å². The van der Waals surface area contributed by atoms with Crippen molar-refractivity contribution >= 4 is 29.2 Å². The molecule has 0 bridgehead atoms. The summed E-state index contributed by atoms with van der Waals surface area (Å²) in [7, 11) is 0. The molecule has 1 aliphatic carbocycles. The minimum absolute atomic E-state index is 0.178. The summed E-state index contributed by atoms with van der Waals surface area (Å²) in [6, 6.07) is 6.64. The Balaban J connectivity index is 2.06. The van der Waals surface area contributed by atoms with Crippen molar-refractivity contribution in [2.75, 3.05) is 10.6 Å². The van der Waals surface area contributed by atoms with Crippen molar-refractivity contribution in [1.82, 2.24) is 0 Å². The first-order valence-corrected chi connectivity index (χ1v) is 7.42. The molecule has 2 N–H and O–H groups in total. The number of rotatable bonds is 4. The third kappa shape index (κ3) is 4.42. The summed E-state index contributed by atoms with van der Waals surface area (Å²) < 4.78 is 0. The molecule has 0 spiro atoms. The fourth-order valence-corrected chi connectivity index (χ4v) is 2.68. The van der Waals surface area contributed by atoms with Gasteiger partial charge in [-0.25, -0.2) is 0 Å². The fourth-order valence-electron chi connectivity index (χ4n) is 2.68. The Morgan fingerprint density at radius 3 is 2.13 bits per heavy atom. The van der Waals surface area contributed by atoms with Crippen molar-refractivity contribution in [2.45, 2.75) is 26.7 Å². The average Bonchev–Trinajstić information content (AvgIpc) is 2.48. The van der Waals surface area contributed by atoms with Crippen molar-refractivity contribution in [3.05, 3.63) is 35.9 Å². The monoisotopic (exact) mass is 315 g/mol. The second-order valence-electron chi connectivity index (χ2n) is 5.77. The maximum absolute atomic E-state index is 12.4. The highest BCUT2D eigenvalue weighted by Crippen LogP contribution is 2.30. The number of hydrogen-bond donors (Lipinski definition) is 2. The molecule has 23 heavy (non-hydrogen) atoms. The summed E-state index contributed by atoms with van der Waals surface area (Å²) in [5.74, 6) is -3.16. The molecule has 0 saturated heterocycles. The normalized spacial score (nSPS) is 20.3. The Morgan fingerprint density at radius 1 is 1.04 bits per heavy atom. The van der Waals surface area contributed by atoms with Gasteiger partial charge in [0.2, 0.25) is 11.8 Å². The summed E-state index contributed by atoms with van der Waals surface area (Å²) in [4.78, 5) is 34.6. The molecule has 0 heterocycles. The van der Waals surface area contributed by atoms with Gasteiger partial charge in [0, 0.05) is 30.2 Å². The number of allylic oxidation sites excluding steroid dienone is 2. The number of anilines is 2. The first kappa shape index (κ1) is 16.7. The highest BCUT2D eigenvalue weighted by Gasteiger charge is 2.31. The summed E-state index contributed by atoms with van der Waals surface area (Å²) in [6.07, 6.45) is 2.56. The van der Waals surface area contributed by atoms with Crippen LogP contribution in [-0.2, 0) is 14.4 Å². The number of carboxylic acid groups (broad SMARTS) is 1. The lowest BCUT2D eigenvalue weighted by Gasteiger charge is -2.30. The van der Waals surface area contributed by atoms with Crippen LogP contribution in [0.5, 0.6) is 0 Å². The van der Waals surface area contributed by atoms with Gasteiger partial charge in [-0.1, -0.05) is 11.6 Å². The number of benzene rings is 1. The lowest BCUT2D eigenvalue weighted by Crippen LogP contribution is -2.42. The number of aliphatic carboxylic acids is 1. The van der Waals surface area contributed by atoms with E-state index < -0.39 is 17.8 Å². The van der Waals surface area contributed by atoms with Gasteiger partial charge in [-0.3, -0.25) is 9.59 Å². The van der Waals surface area contributed by atoms with E-state index >= 15 is 0 Å². The lowest BCUT2D eigenvalue weighted by atomic mass is 9.79. The molecule has 0 aliphatic heterocycles. The molecule has 0 fully saturated rings. The third-order valence-corrected chi connectivity index (χ3v) is 3.86. The van der Waals surface area contributed by atoms with Crippen LogP contribution in [0.25, 0.3) is 0 Å². The molecule has 6 heteroatoms. The molecular formula is C17H19N2O4-. The maximum Gasteiger partial charge on any atom is 0.228 e. The van der Waals surface area contributed by atoms with Crippen molar-refractivity contribution in [3.8, 4) is 0 Å². The quantitative estimate of drug-likeness (QED) is 0.818.